The van der Waals surface area contributed by atoms with Crippen molar-refractivity contribution in [2.24, 2.45) is 0 Å². The number of carbonyl (C=O) groups is 1. The maximum atomic E-state index is 14.0. The van der Waals surface area contributed by atoms with E-state index in [2.05, 4.69) is 15.5 Å². The Morgan fingerprint density at radius 3 is 2.79 bits per heavy atom. The molecule has 2 aromatic carbocycles. The summed E-state index contributed by atoms with van der Waals surface area (Å²) in [4.78, 5) is 14.4. The number of anilines is 1. The number of benzene rings is 2. The molecule has 5 nitrogen and oxygen atoms in total. The molecule has 3 aromatic rings. The lowest BCUT2D eigenvalue weighted by Gasteiger charge is -2.31. The van der Waals surface area contributed by atoms with Gasteiger partial charge >= 0.3 is 6.03 Å². The van der Waals surface area contributed by atoms with E-state index < -0.39 is 0 Å². The van der Waals surface area contributed by atoms with Crippen LogP contribution in [0.4, 0.5) is 14.9 Å². The first-order chi connectivity index (χ1) is 14.0. The number of urea groups is 1. The van der Waals surface area contributed by atoms with Crippen molar-refractivity contribution in [3.63, 3.8) is 0 Å². The molecule has 0 aliphatic carbocycles. The SMILES string of the molecule is O=C(Nc1ccc(Cl)c(Cl)c1)N1CCCC(c2nnc(-c3ccccc3F)s2)C1. The van der Waals surface area contributed by atoms with E-state index in [1.807, 2.05) is 0 Å². The van der Waals surface area contributed by atoms with Crippen LogP contribution in [0.3, 0.4) is 0 Å². The number of amides is 2. The van der Waals surface area contributed by atoms with Gasteiger partial charge in [-0.3, -0.25) is 0 Å². The third-order valence-electron chi connectivity index (χ3n) is 4.77. The van der Waals surface area contributed by atoms with Crippen LogP contribution in [-0.4, -0.2) is 34.2 Å². The number of hydrogen-bond acceptors (Lipinski definition) is 4. The lowest BCUT2D eigenvalue weighted by Crippen LogP contribution is -2.41. The van der Waals surface area contributed by atoms with Crippen molar-refractivity contribution in [2.45, 2.75) is 18.8 Å². The van der Waals surface area contributed by atoms with Gasteiger partial charge in [-0.15, -0.1) is 10.2 Å². The largest absolute Gasteiger partial charge is 0.324 e. The van der Waals surface area contributed by atoms with Crippen LogP contribution in [-0.2, 0) is 0 Å². The fourth-order valence-corrected chi connectivity index (χ4v) is 4.58. The fraction of sp³-hybridized carbons (Fsp3) is 0.250. The first-order valence-corrected chi connectivity index (χ1v) is 10.7. The summed E-state index contributed by atoms with van der Waals surface area (Å²) in [5.41, 5.74) is 1.03. The summed E-state index contributed by atoms with van der Waals surface area (Å²) in [5.74, 6) is -0.247. The first kappa shape index (κ1) is 20.1. The average Bonchev–Trinajstić information content (AvgIpc) is 3.21. The molecule has 1 saturated heterocycles. The van der Waals surface area contributed by atoms with Gasteiger partial charge in [0.15, 0.2) is 5.01 Å². The van der Waals surface area contributed by atoms with Crippen molar-refractivity contribution >= 4 is 46.3 Å². The Labute approximate surface area is 181 Å². The first-order valence-electron chi connectivity index (χ1n) is 9.10. The van der Waals surface area contributed by atoms with E-state index in [0.29, 0.717) is 39.4 Å². The summed E-state index contributed by atoms with van der Waals surface area (Å²) in [6.45, 7) is 1.18. The Morgan fingerprint density at radius 1 is 1.17 bits per heavy atom. The zero-order chi connectivity index (χ0) is 20.4. The molecule has 29 heavy (non-hydrogen) atoms. The van der Waals surface area contributed by atoms with Gasteiger partial charge in [-0.2, -0.15) is 0 Å². The molecule has 1 atom stereocenters. The number of rotatable bonds is 3. The second-order valence-electron chi connectivity index (χ2n) is 6.77. The van der Waals surface area contributed by atoms with Crippen LogP contribution in [0.25, 0.3) is 10.6 Å². The summed E-state index contributed by atoms with van der Waals surface area (Å²) in [6.07, 6.45) is 1.76. The Bertz CT molecular complexity index is 1040. The second-order valence-corrected chi connectivity index (χ2v) is 8.59. The highest BCUT2D eigenvalue weighted by Gasteiger charge is 2.28. The van der Waals surface area contributed by atoms with Crippen molar-refractivity contribution in [1.29, 1.82) is 0 Å². The molecule has 1 N–H and O–H groups in total. The average molecular weight is 451 g/mol. The van der Waals surface area contributed by atoms with Gasteiger partial charge in [-0.25, -0.2) is 9.18 Å². The molecule has 0 radical (unpaired) electrons. The molecule has 2 heterocycles. The second kappa shape index (κ2) is 8.65. The van der Waals surface area contributed by atoms with Crippen LogP contribution >= 0.6 is 34.5 Å². The molecule has 1 aliphatic heterocycles. The molecule has 0 saturated carbocycles. The van der Waals surface area contributed by atoms with Crippen molar-refractivity contribution in [1.82, 2.24) is 15.1 Å². The van der Waals surface area contributed by atoms with Gasteiger partial charge in [0.25, 0.3) is 0 Å². The molecular weight excluding hydrogens is 434 g/mol. The summed E-state index contributed by atoms with van der Waals surface area (Å²) in [7, 11) is 0. The topological polar surface area (TPSA) is 58.1 Å². The molecule has 4 rings (SSSR count). The Kier molecular flexibility index (Phi) is 5.99. The molecule has 0 bridgehead atoms. The van der Waals surface area contributed by atoms with Gasteiger partial charge in [0.2, 0.25) is 0 Å². The van der Waals surface area contributed by atoms with Crippen LogP contribution in [0.2, 0.25) is 10.0 Å². The van der Waals surface area contributed by atoms with E-state index in [-0.39, 0.29) is 17.8 Å². The normalized spacial score (nSPS) is 16.7. The van der Waals surface area contributed by atoms with Gasteiger partial charge in [0.05, 0.1) is 10.0 Å². The monoisotopic (exact) mass is 450 g/mol. The number of hydrogen-bond donors (Lipinski definition) is 1. The van der Waals surface area contributed by atoms with E-state index in [9.17, 15) is 9.18 Å². The molecule has 1 fully saturated rings. The van der Waals surface area contributed by atoms with E-state index in [1.54, 1.807) is 41.3 Å². The van der Waals surface area contributed by atoms with Gasteiger partial charge < -0.3 is 10.2 Å². The standard InChI is InChI=1S/C20H17Cl2FN4OS/c21-15-8-7-13(10-16(15)22)24-20(28)27-9-3-4-12(11-27)18-25-26-19(29-18)14-5-1-2-6-17(14)23/h1-2,5-8,10,12H,3-4,9,11H2,(H,24,28). The lowest BCUT2D eigenvalue weighted by molar-refractivity contribution is 0.192. The van der Waals surface area contributed by atoms with Crippen LogP contribution in [0.15, 0.2) is 42.5 Å². The Hall–Kier alpha value is -2.22. The van der Waals surface area contributed by atoms with Crippen LogP contribution < -0.4 is 5.32 Å². The number of nitrogens with zero attached hydrogens (tertiary/aromatic N) is 3. The molecule has 1 aliphatic rings. The van der Waals surface area contributed by atoms with Gasteiger partial charge in [0.1, 0.15) is 10.8 Å². The van der Waals surface area contributed by atoms with Crippen LogP contribution in [0.5, 0.6) is 0 Å². The number of aromatic nitrogens is 2. The maximum Gasteiger partial charge on any atom is 0.321 e. The third-order valence-corrected chi connectivity index (χ3v) is 6.63. The minimum absolute atomic E-state index is 0.0707. The summed E-state index contributed by atoms with van der Waals surface area (Å²) >= 11 is 13.3. The smallest absolute Gasteiger partial charge is 0.321 e. The van der Waals surface area contributed by atoms with Crippen molar-refractivity contribution in [2.75, 3.05) is 18.4 Å². The highest BCUT2D eigenvalue weighted by atomic mass is 35.5. The molecule has 150 valence electrons. The number of likely N-dealkylation sites (tertiary alicyclic amines) is 1. The lowest BCUT2D eigenvalue weighted by atomic mass is 9.99. The Morgan fingerprint density at radius 2 is 2.00 bits per heavy atom. The molecule has 2 amide bonds. The molecule has 0 spiro atoms. The summed E-state index contributed by atoms with van der Waals surface area (Å²) in [5, 5.41) is 13.5. The van der Waals surface area contributed by atoms with Crippen LogP contribution in [0, 0.1) is 5.82 Å². The third kappa shape index (κ3) is 4.52. The summed E-state index contributed by atoms with van der Waals surface area (Å²) in [6, 6.07) is 11.3. The molecule has 9 heteroatoms. The number of carbonyl (C=O) groups excluding carboxylic acids is 1. The highest BCUT2D eigenvalue weighted by Crippen LogP contribution is 2.34. The highest BCUT2D eigenvalue weighted by molar-refractivity contribution is 7.14. The predicted molar refractivity (Wildman–Crippen MR) is 114 cm³/mol. The number of halogens is 3. The van der Waals surface area contributed by atoms with Gasteiger partial charge in [-0.05, 0) is 43.2 Å². The van der Waals surface area contributed by atoms with Crippen molar-refractivity contribution in [3.05, 3.63) is 63.3 Å². The molecule has 1 aromatic heterocycles. The predicted octanol–water partition coefficient (Wildman–Crippen LogP) is 6.06. The molecular formula is C20H17Cl2FN4OS. The van der Waals surface area contributed by atoms with Crippen molar-refractivity contribution < 1.29 is 9.18 Å². The van der Waals surface area contributed by atoms with Crippen molar-refractivity contribution in [3.8, 4) is 10.6 Å². The van der Waals surface area contributed by atoms with E-state index >= 15 is 0 Å². The zero-order valence-electron chi connectivity index (χ0n) is 15.2. The number of nitrogens with one attached hydrogen (secondary N) is 1. The van der Waals surface area contributed by atoms with E-state index in [1.165, 1.54) is 17.4 Å². The maximum absolute atomic E-state index is 14.0. The molecule has 1 unspecified atom stereocenters. The Balaban J connectivity index is 1.45. The van der Waals surface area contributed by atoms with E-state index in [0.717, 1.165) is 17.8 Å². The zero-order valence-corrected chi connectivity index (χ0v) is 17.6. The number of piperidine rings is 1. The van der Waals surface area contributed by atoms with Crippen LogP contribution in [0.1, 0.15) is 23.8 Å². The minimum Gasteiger partial charge on any atom is -0.324 e. The quantitative estimate of drug-likeness (QED) is 0.527. The van der Waals surface area contributed by atoms with Gasteiger partial charge in [-0.1, -0.05) is 46.7 Å². The van der Waals surface area contributed by atoms with E-state index in [4.69, 9.17) is 23.2 Å². The minimum atomic E-state index is -0.318. The summed E-state index contributed by atoms with van der Waals surface area (Å²) < 4.78 is 14.0. The fourth-order valence-electron chi connectivity index (χ4n) is 3.28. The van der Waals surface area contributed by atoms with Gasteiger partial charge in [0, 0.05) is 30.3 Å².